The summed E-state index contributed by atoms with van der Waals surface area (Å²) in [6.07, 6.45) is -3.10. The SMILES string of the molecule is CCOc1ccc2c(ccn2S(=O)(=O)c2ccc(-c3cc(C(F)(F)F)n(C)n3)s2)c1. The van der Waals surface area contributed by atoms with Crippen molar-refractivity contribution >= 4 is 32.3 Å². The minimum Gasteiger partial charge on any atom is -0.494 e. The lowest BCUT2D eigenvalue weighted by atomic mass is 10.2. The smallest absolute Gasteiger partial charge is 0.433 e. The molecule has 3 heterocycles. The number of aryl methyl sites for hydroxylation is 1. The monoisotopic (exact) mass is 455 g/mol. The molecular formula is C19H16F3N3O3S2. The van der Waals surface area contributed by atoms with Gasteiger partial charge in [0.05, 0.1) is 17.0 Å². The summed E-state index contributed by atoms with van der Waals surface area (Å²) in [4.78, 5) is 0.328. The molecule has 4 aromatic rings. The number of rotatable bonds is 5. The molecule has 0 radical (unpaired) electrons. The van der Waals surface area contributed by atoms with E-state index in [-0.39, 0.29) is 9.90 Å². The van der Waals surface area contributed by atoms with Crippen LogP contribution in [0.1, 0.15) is 12.6 Å². The maximum Gasteiger partial charge on any atom is 0.433 e. The molecule has 0 fully saturated rings. The van der Waals surface area contributed by atoms with Crippen LogP contribution in [0.3, 0.4) is 0 Å². The molecule has 158 valence electrons. The third kappa shape index (κ3) is 3.47. The third-order valence-electron chi connectivity index (χ3n) is 4.45. The zero-order chi connectivity index (χ0) is 21.7. The summed E-state index contributed by atoms with van der Waals surface area (Å²) in [5, 5.41) is 4.57. The predicted octanol–water partition coefficient (Wildman–Crippen LogP) is 4.76. The van der Waals surface area contributed by atoms with E-state index >= 15 is 0 Å². The maximum absolute atomic E-state index is 13.1. The largest absolute Gasteiger partial charge is 0.494 e. The molecule has 3 aromatic heterocycles. The number of hydrogen-bond acceptors (Lipinski definition) is 5. The highest BCUT2D eigenvalue weighted by atomic mass is 32.2. The lowest BCUT2D eigenvalue weighted by Crippen LogP contribution is -2.11. The average molecular weight is 455 g/mol. The Kier molecular flexibility index (Phi) is 4.89. The van der Waals surface area contributed by atoms with E-state index in [1.807, 2.05) is 6.92 Å². The van der Waals surface area contributed by atoms with Crippen LogP contribution in [0.25, 0.3) is 21.5 Å². The fourth-order valence-corrected chi connectivity index (χ4v) is 5.81. The second-order valence-corrected chi connectivity index (χ2v) is 9.55. The van der Waals surface area contributed by atoms with Gasteiger partial charge < -0.3 is 4.74 Å². The van der Waals surface area contributed by atoms with Crippen LogP contribution in [-0.4, -0.2) is 28.8 Å². The summed E-state index contributed by atoms with van der Waals surface area (Å²) in [5.74, 6) is 0.633. The van der Waals surface area contributed by atoms with Gasteiger partial charge >= 0.3 is 6.18 Å². The van der Waals surface area contributed by atoms with E-state index in [0.29, 0.717) is 28.1 Å². The average Bonchev–Trinajstić information content (AvgIpc) is 3.38. The number of benzene rings is 1. The molecule has 30 heavy (non-hydrogen) atoms. The zero-order valence-corrected chi connectivity index (χ0v) is 17.5. The molecule has 4 rings (SSSR count). The van der Waals surface area contributed by atoms with Crippen LogP contribution in [0.4, 0.5) is 13.2 Å². The minimum absolute atomic E-state index is 0.00287. The van der Waals surface area contributed by atoms with Crippen LogP contribution >= 0.6 is 11.3 Å². The van der Waals surface area contributed by atoms with Crippen molar-refractivity contribution in [1.82, 2.24) is 13.8 Å². The van der Waals surface area contributed by atoms with E-state index in [2.05, 4.69) is 5.10 Å². The standard InChI is InChI=1S/C19H16F3N3O3S2/c1-3-28-13-4-5-15-12(10-13)8-9-25(15)30(26,27)18-7-6-16(29-18)14-11-17(19(20,21)22)24(2)23-14/h4-11H,3H2,1-2H3. The number of thiophene rings is 1. The van der Waals surface area contributed by atoms with E-state index in [1.54, 1.807) is 24.3 Å². The van der Waals surface area contributed by atoms with Crippen LogP contribution < -0.4 is 4.74 Å². The number of fused-ring (bicyclic) bond motifs is 1. The van der Waals surface area contributed by atoms with E-state index in [4.69, 9.17) is 4.74 Å². The van der Waals surface area contributed by atoms with Crippen molar-refractivity contribution in [1.29, 1.82) is 0 Å². The topological polar surface area (TPSA) is 66.1 Å². The van der Waals surface area contributed by atoms with Crippen LogP contribution in [0.15, 0.2) is 52.9 Å². The van der Waals surface area contributed by atoms with Gasteiger partial charge in [-0.25, -0.2) is 3.97 Å². The number of aromatic nitrogens is 3. The van der Waals surface area contributed by atoms with Crippen LogP contribution in [-0.2, 0) is 23.2 Å². The van der Waals surface area contributed by atoms with Gasteiger partial charge in [-0.3, -0.25) is 4.68 Å². The van der Waals surface area contributed by atoms with Gasteiger partial charge in [0.1, 0.15) is 21.3 Å². The molecule has 0 saturated heterocycles. The Morgan fingerprint density at radius 2 is 1.90 bits per heavy atom. The molecule has 0 aliphatic heterocycles. The van der Waals surface area contributed by atoms with Crippen molar-refractivity contribution in [3.8, 4) is 16.3 Å². The number of nitrogens with zero attached hydrogens (tertiary/aromatic N) is 3. The van der Waals surface area contributed by atoms with Crippen LogP contribution in [0.2, 0.25) is 0 Å². The van der Waals surface area contributed by atoms with Gasteiger partial charge in [0, 0.05) is 18.6 Å². The number of halogens is 3. The molecule has 0 spiro atoms. The first-order valence-corrected chi connectivity index (χ1v) is 11.1. The highest BCUT2D eigenvalue weighted by molar-refractivity contribution is 7.92. The second-order valence-electron chi connectivity index (χ2n) is 6.43. The maximum atomic E-state index is 13.1. The normalized spacial score (nSPS) is 12.6. The van der Waals surface area contributed by atoms with Gasteiger partial charge in [-0.1, -0.05) is 0 Å². The molecular weight excluding hydrogens is 439 g/mol. The first-order valence-electron chi connectivity index (χ1n) is 8.82. The van der Waals surface area contributed by atoms with Gasteiger partial charge in [-0.2, -0.15) is 26.7 Å². The van der Waals surface area contributed by atoms with Crippen LogP contribution in [0.5, 0.6) is 5.75 Å². The van der Waals surface area contributed by atoms with Crippen LogP contribution in [0, 0.1) is 0 Å². The summed E-state index contributed by atoms with van der Waals surface area (Å²) < 4.78 is 72.6. The molecule has 0 aliphatic rings. The van der Waals surface area contributed by atoms with Gasteiger partial charge in [0.25, 0.3) is 10.0 Å². The first kappa shape index (κ1) is 20.5. The quantitative estimate of drug-likeness (QED) is 0.435. The van der Waals surface area contributed by atoms with Crippen molar-refractivity contribution in [2.24, 2.45) is 7.05 Å². The fraction of sp³-hybridized carbons (Fsp3) is 0.211. The Labute approximate surface area is 174 Å². The van der Waals surface area contributed by atoms with Crippen molar-refractivity contribution in [3.05, 3.63) is 54.4 Å². The van der Waals surface area contributed by atoms with Gasteiger partial charge in [0.15, 0.2) is 0 Å². The summed E-state index contributed by atoms with van der Waals surface area (Å²) in [6, 6.07) is 10.5. The summed E-state index contributed by atoms with van der Waals surface area (Å²) >= 11 is 0.867. The summed E-state index contributed by atoms with van der Waals surface area (Å²) in [5.41, 5.74) is -0.364. The van der Waals surface area contributed by atoms with E-state index in [9.17, 15) is 21.6 Å². The third-order valence-corrected chi connectivity index (χ3v) is 7.72. The van der Waals surface area contributed by atoms with Crippen molar-refractivity contribution < 1.29 is 26.3 Å². The number of ether oxygens (including phenoxy) is 1. The molecule has 0 amide bonds. The number of alkyl halides is 3. The summed E-state index contributed by atoms with van der Waals surface area (Å²) in [7, 11) is -2.73. The van der Waals surface area contributed by atoms with Crippen molar-refractivity contribution in [3.63, 3.8) is 0 Å². The first-order chi connectivity index (χ1) is 14.1. The molecule has 0 saturated carbocycles. The van der Waals surface area contributed by atoms with Crippen molar-refractivity contribution in [2.75, 3.05) is 6.61 Å². The minimum atomic E-state index is -4.55. The highest BCUT2D eigenvalue weighted by Crippen LogP contribution is 2.36. The van der Waals surface area contributed by atoms with Gasteiger partial charge in [0.2, 0.25) is 0 Å². The lowest BCUT2D eigenvalue weighted by molar-refractivity contribution is -0.143. The van der Waals surface area contributed by atoms with Gasteiger partial charge in [-0.15, -0.1) is 11.3 Å². The molecule has 0 aliphatic carbocycles. The lowest BCUT2D eigenvalue weighted by Gasteiger charge is -2.07. The second kappa shape index (κ2) is 7.17. The summed E-state index contributed by atoms with van der Waals surface area (Å²) in [6.45, 7) is 2.35. The molecule has 1 aromatic carbocycles. The molecule has 11 heteroatoms. The Balaban J connectivity index is 1.72. The fourth-order valence-electron chi connectivity index (χ4n) is 3.11. The number of hydrogen-bond donors (Lipinski definition) is 0. The van der Waals surface area contributed by atoms with Crippen molar-refractivity contribution in [2.45, 2.75) is 17.3 Å². The van der Waals surface area contributed by atoms with E-state index < -0.39 is 21.9 Å². The molecule has 0 N–H and O–H groups in total. The molecule has 0 atom stereocenters. The van der Waals surface area contributed by atoms with Gasteiger partial charge in [-0.05, 0) is 49.4 Å². The zero-order valence-electron chi connectivity index (χ0n) is 15.8. The Morgan fingerprint density at radius 3 is 2.57 bits per heavy atom. The van der Waals surface area contributed by atoms with E-state index in [1.165, 1.54) is 25.4 Å². The molecule has 0 unspecified atom stereocenters. The molecule has 0 bridgehead atoms. The Hall–Kier alpha value is -2.79. The Bertz CT molecular complexity index is 1330. The predicted molar refractivity (Wildman–Crippen MR) is 107 cm³/mol. The highest BCUT2D eigenvalue weighted by Gasteiger charge is 2.35. The molecule has 6 nitrogen and oxygen atoms in total. The Morgan fingerprint density at radius 1 is 1.13 bits per heavy atom. The van der Waals surface area contributed by atoms with E-state index in [0.717, 1.165) is 26.1 Å².